The number of rotatable bonds is 1. The Labute approximate surface area is 178 Å². The van der Waals surface area contributed by atoms with Crippen LogP contribution in [0, 0.1) is 48.5 Å². The molecular formula is C23H30Cl2Zr. The summed E-state index contributed by atoms with van der Waals surface area (Å²) in [5.41, 5.74) is 11.7. The summed E-state index contributed by atoms with van der Waals surface area (Å²) in [4.78, 5) is 0. The fourth-order valence-electron chi connectivity index (χ4n) is 3.56. The van der Waals surface area contributed by atoms with Crippen molar-refractivity contribution in [3.8, 4) is 0 Å². The molecule has 0 spiro atoms. The van der Waals surface area contributed by atoms with Crippen LogP contribution in [0.1, 0.15) is 51.4 Å². The first kappa shape index (κ1) is 23.7. The first-order chi connectivity index (χ1) is 12.2. The summed E-state index contributed by atoms with van der Waals surface area (Å²) in [5.74, 6) is 0. The molecule has 3 aromatic rings. The predicted octanol–water partition coefficient (Wildman–Crippen LogP) is 8.06. The van der Waals surface area contributed by atoms with Gasteiger partial charge < -0.3 is 0 Å². The predicted molar refractivity (Wildman–Crippen MR) is 116 cm³/mol. The molecule has 0 heterocycles. The van der Waals surface area contributed by atoms with Crippen LogP contribution in [0.25, 0.3) is 10.8 Å². The molecule has 0 bridgehead atoms. The third kappa shape index (κ3) is 5.57. The van der Waals surface area contributed by atoms with Crippen molar-refractivity contribution in [3.63, 3.8) is 0 Å². The molecule has 0 unspecified atom stereocenters. The fraction of sp³-hybridized carbons (Fsp3) is 0.391. The van der Waals surface area contributed by atoms with Gasteiger partial charge in [0.05, 0.1) is 0 Å². The Hall–Kier alpha value is -0.357. The van der Waals surface area contributed by atoms with Crippen molar-refractivity contribution in [1.29, 1.82) is 0 Å². The molecule has 0 aliphatic rings. The van der Waals surface area contributed by atoms with Crippen molar-refractivity contribution >= 4 is 27.8 Å². The fourth-order valence-corrected chi connectivity index (χ4v) is 3.56. The van der Waals surface area contributed by atoms with Gasteiger partial charge in [-0.15, -0.1) is 34.0 Å². The van der Waals surface area contributed by atoms with Gasteiger partial charge in [0.25, 0.3) is 0 Å². The Kier molecular flexibility index (Phi) is 9.88. The van der Waals surface area contributed by atoms with Crippen LogP contribution in [0.3, 0.4) is 0 Å². The van der Waals surface area contributed by atoms with Gasteiger partial charge in [0.2, 0.25) is 0 Å². The minimum absolute atomic E-state index is 0.826. The molecule has 0 aliphatic heterocycles. The summed E-state index contributed by atoms with van der Waals surface area (Å²) >= 11 is -0.826. The normalized spacial score (nSPS) is 9.92. The van der Waals surface area contributed by atoms with Crippen LogP contribution in [0.15, 0.2) is 24.3 Å². The quantitative estimate of drug-likeness (QED) is 0.317. The van der Waals surface area contributed by atoms with E-state index in [9.17, 15) is 0 Å². The molecule has 3 heteroatoms. The van der Waals surface area contributed by atoms with E-state index in [4.69, 9.17) is 17.0 Å². The summed E-state index contributed by atoms with van der Waals surface area (Å²) in [6.07, 6.45) is 1.17. The maximum absolute atomic E-state index is 4.93. The van der Waals surface area contributed by atoms with Crippen molar-refractivity contribution in [2.24, 2.45) is 0 Å². The standard InChI is InChI=1S/C12H13.C11H17.2ClH.Zr/c1-8-6-11-9(2)4-5-10(3)12(11)7-8;1-6-11-9(4)7(2)8(3)10(11)5;;;/h4-7H,1-3H3;6H2,1-5H3;2*1H;/q2*-1;;;+4/p-2. The van der Waals surface area contributed by atoms with Gasteiger partial charge in [-0.2, -0.15) is 33.9 Å². The number of aryl methyl sites for hydroxylation is 3. The summed E-state index contributed by atoms with van der Waals surface area (Å²) in [6, 6.07) is 8.91. The first-order valence-corrected chi connectivity index (χ1v) is 15.3. The number of benzene rings is 1. The molecule has 0 nitrogen and oxygen atoms in total. The van der Waals surface area contributed by atoms with Gasteiger partial charge >= 0.3 is 37.9 Å². The van der Waals surface area contributed by atoms with Crippen LogP contribution in [0.2, 0.25) is 0 Å². The molecule has 3 rings (SSSR count). The third-order valence-electron chi connectivity index (χ3n) is 5.41. The Morgan fingerprint density at radius 3 is 1.73 bits per heavy atom. The Morgan fingerprint density at radius 1 is 0.885 bits per heavy atom. The van der Waals surface area contributed by atoms with Crippen molar-refractivity contribution in [1.82, 2.24) is 0 Å². The van der Waals surface area contributed by atoms with E-state index >= 15 is 0 Å². The zero-order valence-electron chi connectivity index (χ0n) is 17.3. The van der Waals surface area contributed by atoms with Crippen LogP contribution in [-0.4, -0.2) is 0 Å². The van der Waals surface area contributed by atoms with Crippen molar-refractivity contribution < 1.29 is 20.8 Å². The third-order valence-corrected chi connectivity index (χ3v) is 5.41. The Morgan fingerprint density at radius 2 is 1.35 bits per heavy atom. The second kappa shape index (κ2) is 10.8. The van der Waals surface area contributed by atoms with Gasteiger partial charge in [-0.1, -0.05) is 66.5 Å². The summed E-state index contributed by atoms with van der Waals surface area (Å²) in [7, 11) is 9.87. The molecule has 0 radical (unpaired) electrons. The van der Waals surface area contributed by atoms with Gasteiger partial charge in [0.15, 0.2) is 0 Å². The molecule has 0 atom stereocenters. The average Bonchev–Trinajstić information content (AvgIpc) is 3.08. The maximum atomic E-state index is 4.93. The average molecular weight is 469 g/mol. The van der Waals surface area contributed by atoms with Gasteiger partial charge in [0.1, 0.15) is 0 Å². The Balaban J connectivity index is 0.000000227. The summed E-state index contributed by atoms with van der Waals surface area (Å²) in [6.45, 7) is 17.6. The van der Waals surface area contributed by atoms with E-state index in [1.807, 2.05) is 0 Å². The van der Waals surface area contributed by atoms with Crippen LogP contribution in [-0.2, 0) is 27.3 Å². The van der Waals surface area contributed by atoms with Gasteiger partial charge in [-0.05, 0) is 6.92 Å². The molecule has 0 aromatic heterocycles. The molecule has 0 aliphatic carbocycles. The van der Waals surface area contributed by atoms with Crippen LogP contribution >= 0.6 is 17.0 Å². The monoisotopic (exact) mass is 466 g/mol. The van der Waals surface area contributed by atoms with Crippen molar-refractivity contribution in [2.75, 3.05) is 0 Å². The second-order valence-electron chi connectivity index (χ2n) is 6.96. The molecule has 140 valence electrons. The van der Waals surface area contributed by atoms with Crippen LogP contribution in [0.5, 0.6) is 0 Å². The van der Waals surface area contributed by atoms with Gasteiger partial charge in [0, 0.05) is 0 Å². The van der Waals surface area contributed by atoms with Crippen molar-refractivity contribution in [2.45, 2.75) is 61.8 Å². The van der Waals surface area contributed by atoms with E-state index in [-0.39, 0.29) is 0 Å². The van der Waals surface area contributed by atoms with Gasteiger partial charge in [-0.3, -0.25) is 0 Å². The number of fused-ring (bicyclic) bond motifs is 1. The van der Waals surface area contributed by atoms with E-state index in [0.717, 1.165) is 0 Å². The van der Waals surface area contributed by atoms with Crippen LogP contribution in [0.4, 0.5) is 0 Å². The second-order valence-corrected chi connectivity index (χ2v) is 10.7. The van der Waals surface area contributed by atoms with Gasteiger partial charge in [-0.25, -0.2) is 0 Å². The molecule has 0 N–H and O–H groups in total. The molecule has 3 aromatic carbocycles. The van der Waals surface area contributed by atoms with E-state index in [1.54, 1.807) is 5.56 Å². The molecular weight excluding hydrogens is 438 g/mol. The Bertz CT molecular complexity index is 789. The molecule has 26 heavy (non-hydrogen) atoms. The number of hydrogen-bond donors (Lipinski definition) is 0. The molecule has 0 amide bonds. The molecule has 0 fully saturated rings. The molecule has 0 saturated heterocycles. The van der Waals surface area contributed by atoms with Crippen LogP contribution < -0.4 is 0 Å². The molecule has 0 saturated carbocycles. The number of hydrogen-bond acceptors (Lipinski definition) is 0. The van der Waals surface area contributed by atoms with E-state index in [1.165, 1.54) is 56.1 Å². The minimum atomic E-state index is -0.826. The zero-order chi connectivity index (χ0) is 20.0. The summed E-state index contributed by atoms with van der Waals surface area (Å²) < 4.78 is 0. The SMILES string of the molecule is CC[c-]1c(C)c(C)c(C)c1C.Cc1cc2c(C)ccc(C)c2[cH-]1.[Cl][Zr+2][Cl]. The van der Waals surface area contributed by atoms with E-state index in [2.05, 4.69) is 79.7 Å². The summed E-state index contributed by atoms with van der Waals surface area (Å²) in [5, 5.41) is 2.82. The number of halogens is 2. The van der Waals surface area contributed by atoms with Crippen molar-refractivity contribution in [3.05, 3.63) is 68.8 Å². The van der Waals surface area contributed by atoms with E-state index in [0.29, 0.717) is 0 Å². The first-order valence-electron chi connectivity index (χ1n) is 9.00. The van der Waals surface area contributed by atoms with E-state index < -0.39 is 20.8 Å². The zero-order valence-corrected chi connectivity index (χ0v) is 21.2. The topological polar surface area (TPSA) is 0 Å².